The molecule has 0 unspecified atom stereocenters. The Kier molecular flexibility index (Phi) is 2.72. The van der Waals surface area contributed by atoms with Crippen LogP contribution in [-0.4, -0.2) is 17.0 Å². The Balaban J connectivity index is 2.47. The number of hydrogen-bond donors (Lipinski definition) is 2. The molecule has 3 N–H and O–H groups in total. The summed E-state index contributed by atoms with van der Waals surface area (Å²) in [5, 5.41) is 2.96. The first-order chi connectivity index (χ1) is 7.69. The molecular weight excluding hydrogens is 200 g/mol. The standard InChI is InChI=1S/C12H14N4/c1-8-3-5-9(6-4-8)10-7-11(14-2)16-12(13)15-10/h3-7H,1-2H3,(H3,13,14,15,16). The van der Waals surface area contributed by atoms with Gasteiger partial charge in [0.15, 0.2) is 0 Å². The third kappa shape index (κ3) is 2.11. The van der Waals surface area contributed by atoms with Crippen molar-refractivity contribution in [2.75, 3.05) is 18.1 Å². The molecular formula is C12H14N4. The summed E-state index contributed by atoms with van der Waals surface area (Å²) in [4.78, 5) is 8.26. The molecule has 0 saturated carbocycles. The minimum atomic E-state index is 0.280. The van der Waals surface area contributed by atoms with Gasteiger partial charge in [-0.2, -0.15) is 4.98 Å². The first-order valence-electron chi connectivity index (χ1n) is 5.08. The number of rotatable bonds is 2. The van der Waals surface area contributed by atoms with E-state index in [1.165, 1.54) is 5.56 Å². The van der Waals surface area contributed by atoms with Crippen molar-refractivity contribution in [3.05, 3.63) is 35.9 Å². The van der Waals surface area contributed by atoms with Gasteiger partial charge in [0.05, 0.1) is 5.69 Å². The van der Waals surface area contributed by atoms with Gasteiger partial charge in [0.2, 0.25) is 5.95 Å². The fourth-order valence-electron chi connectivity index (χ4n) is 1.47. The van der Waals surface area contributed by atoms with Gasteiger partial charge in [-0.1, -0.05) is 29.8 Å². The lowest BCUT2D eigenvalue weighted by Gasteiger charge is -2.05. The topological polar surface area (TPSA) is 63.8 Å². The quantitative estimate of drug-likeness (QED) is 0.803. The van der Waals surface area contributed by atoms with Crippen LogP contribution < -0.4 is 11.1 Å². The van der Waals surface area contributed by atoms with E-state index < -0.39 is 0 Å². The predicted octanol–water partition coefficient (Wildman–Crippen LogP) is 2.08. The molecule has 1 aromatic carbocycles. The second-order valence-electron chi connectivity index (χ2n) is 3.61. The number of nitrogens with one attached hydrogen (secondary N) is 1. The average molecular weight is 214 g/mol. The Hall–Kier alpha value is -2.10. The van der Waals surface area contributed by atoms with Crippen LogP contribution >= 0.6 is 0 Å². The molecule has 0 spiro atoms. The van der Waals surface area contributed by atoms with Crippen LogP contribution in [0, 0.1) is 6.92 Å². The molecule has 0 fully saturated rings. The predicted molar refractivity (Wildman–Crippen MR) is 66.2 cm³/mol. The molecule has 1 aromatic heterocycles. The Bertz CT molecular complexity index is 491. The molecule has 0 bridgehead atoms. The van der Waals surface area contributed by atoms with E-state index in [-0.39, 0.29) is 5.95 Å². The Morgan fingerprint density at radius 2 is 1.81 bits per heavy atom. The van der Waals surface area contributed by atoms with Crippen LogP contribution in [0.1, 0.15) is 5.56 Å². The molecule has 0 atom stereocenters. The maximum Gasteiger partial charge on any atom is 0.222 e. The molecule has 1 heterocycles. The van der Waals surface area contributed by atoms with Crippen molar-refractivity contribution in [3.63, 3.8) is 0 Å². The van der Waals surface area contributed by atoms with Crippen molar-refractivity contribution in [2.45, 2.75) is 6.92 Å². The Morgan fingerprint density at radius 3 is 2.44 bits per heavy atom. The molecule has 82 valence electrons. The van der Waals surface area contributed by atoms with E-state index in [2.05, 4.69) is 22.2 Å². The number of nitrogen functional groups attached to an aromatic ring is 1. The minimum Gasteiger partial charge on any atom is -0.373 e. The van der Waals surface area contributed by atoms with Gasteiger partial charge in [0.1, 0.15) is 5.82 Å². The first kappa shape index (κ1) is 10.4. The SMILES string of the molecule is CNc1cc(-c2ccc(C)cc2)nc(N)n1. The largest absolute Gasteiger partial charge is 0.373 e. The summed E-state index contributed by atoms with van der Waals surface area (Å²) in [5.74, 6) is 1.01. The fraction of sp³-hybridized carbons (Fsp3) is 0.167. The third-order valence-electron chi connectivity index (χ3n) is 2.35. The summed E-state index contributed by atoms with van der Waals surface area (Å²) >= 11 is 0. The van der Waals surface area contributed by atoms with Gasteiger partial charge in [-0.05, 0) is 6.92 Å². The van der Waals surface area contributed by atoms with Crippen molar-refractivity contribution in [1.29, 1.82) is 0 Å². The van der Waals surface area contributed by atoms with Crippen LogP contribution in [-0.2, 0) is 0 Å². The molecule has 0 saturated heterocycles. The summed E-state index contributed by atoms with van der Waals surface area (Å²) in [6.45, 7) is 2.05. The summed E-state index contributed by atoms with van der Waals surface area (Å²) < 4.78 is 0. The summed E-state index contributed by atoms with van der Waals surface area (Å²) in [7, 11) is 1.81. The normalized spacial score (nSPS) is 10.1. The smallest absolute Gasteiger partial charge is 0.222 e. The zero-order valence-electron chi connectivity index (χ0n) is 9.36. The number of hydrogen-bond acceptors (Lipinski definition) is 4. The molecule has 2 aromatic rings. The molecule has 0 radical (unpaired) electrons. The van der Waals surface area contributed by atoms with E-state index in [0.29, 0.717) is 0 Å². The number of benzene rings is 1. The number of nitrogens with two attached hydrogens (primary N) is 1. The van der Waals surface area contributed by atoms with Gasteiger partial charge in [-0.25, -0.2) is 4.98 Å². The van der Waals surface area contributed by atoms with Gasteiger partial charge < -0.3 is 11.1 Å². The molecule has 0 amide bonds. The highest BCUT2D eigenvalue weighted by Gasteiger charge is 2.03. The number of aryl methyl sites for hydroxylation is 1. The van der Waals surface area contributed by atoms with Crippen molar-refractivity contribution >= 4 is 11.8 Å². The van der Waals surface area contributed by atoms with Gasteiger partial charge in [0, 0.05) is 18.7 Å². The van der Waals surface area contributed by atoms with E-state index in [0.717, 1.165) is 17.1 Å². The van der Waals surface area contributed by atoms with E-state index in [1.54, 1.807) is 7.05 Å². The van der Waals surface area contributed by atoms with Crippen LogP contribution in [0.25, 0.3) is 11.3 Å². The molecule has 4 nitrogen and oxygen atoms in total. The number of nitrogens with zero attached hydrogens (tertiary/aromatic N) is 2. The highest BCUT2D eigenvalue weighted by molar-refractivity contribution is 5.64. The van der Waals surface area contributed by atoms with Crippen LogP contribution in [0.2, 0.25) is 0 Å². The summed E-state index contributed by atoms with van der Waals surface area (Å²) in [6.07, 6.45) is 0. The minimum absolute atomic E-state index is 0.280. The van der Waals surface area contributed by atoms with Gasteiger partial charge >= 0.3 is 0 Å². The molecule has 0 aliphatic rings. The fourth-order valence-corrected chi connectivity index (χ4v) is 1.47. The Labute approximate surface area is 94.5 Å². The lowest BCUT2D eigenvalue weighted by atomic mass is 10.1. The zero-order chi connectivity index (χ0) is 11.5. The number of aromatic nitrogens is 2. The third-order valence-corrected chi connectivity index (χ3v) is 2.35. The van der Waals surface area contributed by atoms with Crippen molar-refractivity contribution in [1.82, 2.24) is 9.97 Å². The van der Waals surface area contributed by atoms with Crippen LogP contribution in [0.4, 0.5) is 11.8 Å². The second-order valence-corrected chi connectivity index (χ2v) is 3.61. The first-order valence-corrected chi connectivity index (χ1v) is 5.08. The van der Waals surface area contributed by atoms with Gasteiger partial charge in [-0.15, -0.1) is 0 Å². The molecule has 0 aliphatic heterocycles. The monoisotopic (exact) mass is 214 g/mol. The second kappa shape index (κ2) is 4.18. The van der Waals surface area contributed by atoms with Crippen LogP contribution in [0.15, 0.2) is 30.3 Å². The van der Waals surface area contributed by atoms with Crippen molar-refractivity contribution < 1.29 is 0 Å². The maximum absolute atomic E-state index is 5.64. The molecule has 16 heavy (non-hydrogen) atoms. The van der Waals surface area contributed by atoms with E-state index >= 15 is 0 Å². The number of anilines is 2. The van der Waals surface area contributed by atoms with E-state index in [9.17, 15) is 0 Å². The summed E-state index contributed by atoms with van der Waals surface area (Å²) in [6, 6.07) is 10.0. The maximum atomic E-state index is 5.64. The zero-order valence-corrected chi connectivity index (χ0v) is 9.36. The van der Waals surface area contributed by atoms with Crippen LogP contribution in [0.3, 0.4) is 0 Å². The van der Waals surface area contributed by atoms with Crippen molar-refractivity contribution in [3.8, 4) is 11.3 Å². The lowest BCUT2D eigenvalue weighted by Crippen LogP contribution is -2.01. The molecule has 4 heteroatoms. The molecule has 2 rings (SSSR count). The van der Waals surface area contributed by atoms with Gasteiger partial charge in [-0.3, -0.25) is 0 Å². The van der Waals surface area contributed by atoms with Gasteiger partial charge in [0.25, 0.3) is 0 Å². The highest BCUT2D eigenvalue weighted by Crippen LogP contribution is 2.20. The Morgan fingerprint density at radius 1 is 1.12 bits per heavy atom. The lowest BCUT2D eigenvalue weighted by molar-refractivity contribution is 1.18. The van der Waals surface area contributed by atoms with Crippen molar-refractivity contribution in [2.24, 2.45) is 0 Å². The van der Waals surface area contributed by atoms with Crippen LogP contribution in [0.5, 0.6) is 0 Å². The van der Waals surface area contributed by atoms with E-state index in [4.69, 9.17) is 5.73 Å². The average Bonchev–Trinajstić information content (AvgIpc) is 2.29. The van der Waals surface area contributed by atoms with E-state index in [1.807, 2.05) is 30.3 Å². The highest BCUT2D eigenvalue weighted by atomic mass is 15.1. The summed E-state index contributed by atoms with van der Waals surface area (Å²) in [5.41, 5.74) is 8.73. The molecule has 0 aliphatic carbocycles.